The lowest BCUT2D eigenvalue weighted by molar-refractivity contribution is -0.148. The zero-order chi connectivity index (χ0) is 27.7. The minimum Gasteiger partial charge on any atom is -0.464 e. The van der Waals surface area contributed by atoms with Crippen LogP contribution < -0.4 is 5.32 Å². The molecule has 0 saturated heterocycles. The van der Waals surface area contributed by atoms with Crippen LogP contribution >= 0.6 is 22.6 Å². The normalized spacial score (nSPS) is 13.3. The molecule has 8 nitrogen and oxygen atoms in total. The van der Waals surface area contributed by atoms with Gasteiger partial charge in [0.15, 0.2) is 0 Å². The summed E-state index contributed by atoms with van der Waals surface area (Å²) in [4.78, 5) is 38.9. The van der Waals surface area contributed by atoms with Crippen LogP contribution in [-0.2, 0) is 23.8 Å². The Labute approximate surface area is 239 Å². The van der Waals surface area contributed by atoms with E-state index in [2.05, 4.69) is 52.2 Å². The van der Waals surface area contributed by atoms with Crippen LogP contribution in [0.1, 0.15) is 37.8 Å². The lowest BCUT2D eigenvalue weighted by Gasteiger charge is -2.30. The van der Waals surface area contributed by atoms with Crippen LogP contribution in [0.5, 0.6) is 0 Å². The minimum absolute atomic E-state index is 0.00957. The summed E-state index contributed by atoms with van der Waals surface area (Å²) in [6.45, 7) is 5.91. The van der Waals surface area contributed by atoms with Gasteiger partial charge in [-0.1, -0.05) is 71.1 Å². The highest BCUT2D eigenvalue weighted by atomic mass is 127. The number of nitrogens with zero attached hydrogens (tertiary/aromatic N) is 1. The first-order valence-electron chi connectivity index (χ1n) is 12.6. The van der Waals surface area contributed by atoms with E-state index in [0.29, 0.717) is 4.43 Å². The molecule has 0 fully saturated rings. The Bertz CT molecular complexity index is 1080. The Morgan fingerprint density at radius 1 is 1.03 bits per heavy atom. The summed E-state index contributed by atoms with van der Waals surface area (Å²) in [5, 5.41) is 2.81. The standard InChI is InChI=1S/C28H34BIN2O6/c1-28(2,3)38-17-19(15-32(25(33)14-29)16-26(34)36-13-12-30)31-27(35)37-18-24-22-10-6-4-8-20(22)21-9-5-7-11-23(21)24/h4-11,19,24H,12-18H2,1-3H3,(H,31,35)/t19-/m1/s1. The number of carbonyl (C=O) groups excluding carboxylic acids is 3. The largest absolute Gasteiger partial charge is 0.464 e. The number of alkyl carbamates (subject to hydrolysis) is 1. The monoisotopic (exact) mass is 632 g/mol. The zero-order valence-electron chi connectivity index (χ0n) is 22.1. The maximum absolute atomic E-state index is 12.9. The molecule has 0 saturated carbocycles. The first kappa shape index (κ1) is 30.0. The van der Waals surface area contributed by atoms with Crippen molar-refractivity contribution in [1.29, 1.82) is 0 Å². The molecule has 2 aromatic rings. The molecule has 2 radical (unpaired) electrons. The molecule has 0 aromatic heterocycles. The molecular formula is C28H34BIN2O6. The van der Waals surface area contributed by atoms with Gasteiger partial charge in [0.1, 0.15) is 19.8 Å². The molecule has 202 valence electrons. The van der Waals surface area contributed by atoms with E-state index < -0.39 is 29.6 Å². The number of hydrogen-bond donors (Lipinski definition) is 1. The molecule has 1 N–H and O–H groups in total. The van der Waals surface area contributed by atoms with Crippen LogP contribution in [0.3, 0.4) is 0 Å². The summed E-state index contributed by atoms with van der Waals surface area (Å²) in [6.07, 6.45) is -0.917. The molecule has 0 unspecified atom stereocenters. The van der Waals surface area contributed by atoms with E-state index in [-0.39, 0.29) is 45.1 Å². The molecule has 1 atom stereocenters. The third-order valence-electron chi connectivity index (χ3n) is 6.01. The predicted molar refractivity (Wildman–Crippen MR) is 155 cm³/mol. The number of ether oxygens (including phenoxy) is 3. The van der Waals surface area contributed by atoms with Crippen molar-refractivity contribution in [3.05, 3.63) is 59.7 Å². The molecule has 1 aliphatic carbocycles. The number of halogens is 1. The van der Waals surface area contributed by atoms with Gasteiger partial charge in [-0.05, 0) is 49.3 Å². The lowest BCUT2D eigenvalue weighted by Crippen LogP contribution is -2.50. The topological polar surface area (TPSA) is 94.2 Å². The van der Waals surface area contributed by atoms with E-state index in [1.54, 1.807) is 0 Å². The van der Waals surface area contributed by atoms with Gasteiger partial charge >= 0.3 is 12.1 Å². The molecule has 0 bridgehead atoms. The van der Waals surface area contributed by atoms with Gasteiger partial charge in [0.05, 0.1) is 26.1 Å². The molecule has 1 aliphatic rings. The molecule has 38 heavy (non-hydrogen) atoms. The maximum Gasteiger partial charge on any atom is 0.407 e. The second-order valence-electron chi connectivity index (χ2n) is 9.98. The fraction of sp³-hybridized carbons (Fsp3) is 0.464. The zero-order valence-corrected chi connectivity index (χ0v) is 24.2. The highest BCUT2D eigenvalue weighted by molar-refractivity contribution is 14.1. The molecule has 0 aliphatic heterocycles. The highest BCUT2D eigenvalue weighted by Gasteiger charge is 2.30. The van der Waals surface area contributed by atoms with Gasteiger partial charge in [-0.2, -0.15) is 0 Å². The van der Waals surface area contributed by atoms with Gasteiger partial charge < -0.3 is 24.4 Å². The third kappa shape index (κ3) is 8.46. The van der Waals surface area contributed by atoms with Gasteiger partial charge in [-0.15, -0.1) is 0 Å². The van der Waals surface area contributed by atoms with Crippen molar-refractivity contribution in [2.24, 2.45) is 0 Å². The number of esters is 1. The summed E-state index contributed by atoms with van der Waals surface area (Å²) in [7, 11) is 5.58. The van der Waals surface area contributed by atoms with Gasteiger partial charge in [-0.3, -0.25) is 9.59 Å². The molecule has 0 heterocycles. The Balaban J connectivity index is 1.68. The van der Waals surface area contributed by atoms with Gasteiger partial charge in [0.2, 0.25) is 5.91 Å². The van der Waals surface area contributed by atoms with Crippen LogP contribution in [-0.4, -0.2) is 79.7 Å². The van der Waals surface area contributed by atoms with Crippen LogP contribution in [0.2, 0.25) is 6.32 Å². The van der Waals surface area contributed by atoms with Gasteiger partial charge in [0.25, 0.3) is 0 Å². The van der Waals surface area contributed by atoms with Crippen molar-refractivity contribution in [3.8, 4) is 11.1 Å². The fourth-order valence-electron chi connectivity index (χ4n) is 4.30. The van der Waals surface area contributed by atoms with Crippen molar-refractivity contribution in [1.82, 2.24) is 10.2 Å². The Morgan fingerprint density at radius 2 is 1.63 bits per heavy atom. The first-order valence-corrected chi connectivity index (χ1v) is 14.1. The highest BCUT2D eigenvalue weighted by Crippen LogP contribution is 2.44. The number of fused-ring (bicyclic) bond motifs is 3. The average Bonchev–Trinajstić information content (AvgIpc) is 3.21. The summed E-state index contributed by atoms with van der Waals surface area (Å²) < 4.78 is 17.3. The van der Waals surface area contributed by atoms with Crippen molar-refractivity contribution in [2.75, 3.05) is 37.3 Å². The SMILES string of the molecule is [B]CC(=O)N(CC(=O)OCCI)C[C@H](COC(C)(C)C)NC(=O)OCC1c2ccccc2-c2ccccc21. The van der Waals surface area contributed by atoms with Crippen molar-refractivity contribution in [3.63, 3.8) is 0 Å². The molecule has 2 amide bonds. The number of carbonyl (C=O) groups is 3. The molecular weight excluding hydrogens is 598 g/mol. The quantitative estimate of drug-likeness (QED) is 0.164. The van der Waals surface area contributed by atoms with Crippen LogP contribution in [0, 0.1) is 0 Å². The number of amides is 2. The van der Waals surface area contributed by atoms with Crippen molar-refractivity contribution < 1.29 is 28.6 Å². The minimum atomic E-state index is -0.641. The fourth-order valence-corrected chi connectivity index (χ4v) is 4.52. The van der Waals surface area contributed by atoms with Gasteiger partial charge in [-0.25, -0.2) is 4.79 Å². The first-order chi connectivity index (χ1) is 18.1. The summed E-state index contributed by atoms with van der Waals surface area (Å²) in [6, 6.07) is 15.6. The molecule has 0 spiro atoms. The van der Waals surface area contributed by atoms with E-state index in [1.807, 2.05) is 45.0 Å². The lowest BCUT2D eigenvalue weighted by atomic mass is 9.98. The number of hydrogen-bond acceptors (Lipinski definition) is 6. The van der Waals surface area contributed by atoms with Crippen LogP contribution in [0.15, 0.2) is 48.5 Å². The Morgan fingerprint density at radius 3 is 2.18 bits per heavy atom. The van der Waals surface area contributed by atoms with Crippen LogP contribution in [0.4, 0.5) is 4.79 Å². The number of rotatable bonds is 12. The van der Waals surface area contributed by atoms with E-state index >= 15 is 0 Å². The number of alkyl halides is 1. The second kappa shape index (κ2) is 14.0. The maximum atomic E-state index is 12.9. The Kier molecular flexibility index (Phi) is 11.0. The summed E-state index contributed by atoms with van der Waals surface area (Å²) in [5.41, 5.74) is 4.01. The predicted octanol–water partition coefficient (Wildman–Crippen LogP) is 4.10. The third-order valence-corrected chi connectivity index (χ3v) is 6.45. The Hall–Kier alpha value is -2.60. The van der Waals surface area contributed by atoms with E-state index in [0.717, 1.165) is 22.3 Å². The van der Waals surface area contributed by atoms with E-state index in [4.69, 9.17) is 22.1 Å². The van der Waals surface area contributed by atoms with Gasteiger partial charge in [0, 0.05) is 16.9 Å². The summed E-state index contributed by atoms with van der Waals surface area (Å²) >= 11 is 2.09. The smallest absolute Gasteiger partial charge is 0.407 e. The molecule has 3 rings (SSSR count). The average molecular weight is 632 g/mol. The van der Waals surface area contributed by atoms with Crippen molar-refractivity contribution >= 4 is 48.4 Å². The number of nitrogens with one attached hydrogen (secondary N) is 1. The van der Waals surface area contributed by atoms with Crippen molar-refractivity contribution in [2.45, 2.75) is 44.7 Å². The van der Waals surface area contributed by atoms with Crippen LogP contribution in [0.25, 0.3) is 11.1 Å². The number of benzene rings is 2. The molecule has 2 aromatic carbocycles. The van der Waals surface area contributed by atoms with E-state index in [9.17, 15) is 14.4 Å². The summed E-state index contributed by atoms with van der Waals surface area (Å²) in [5.74, 6) is -1.06. The van der Waals surface area contributed by atoms with E-state index in [1.165, 1.54) is 4.90 Å². The second-order valence-corrected chi connectivity index (χ2v) is 11.1. The molecule has 10 heteroatoms.